The van der Waals surface area contributed by atoms with Crippen LogP contribution in [0.1, 0.15) is 47.6 Å². The number of benzene rings is 3. The smallest absolute Gasteiger partial charge is 0.133 e. The second kappa shape index (κ2) is 8.95. The first-order valence-corrected chi connectivity index (χ1v) is 12.0. The molecule has 5 rings (SSSR count). The fourth-order valence-corrected chi connectivity index (χ4v) is 5.34. The van der Waals surface area contributed by atoms with Gasteiger partial charge in [-0.25, -0.2) is 0 Å². The topological polar surface area (TPSA) is 33.6 Å². The van der Waals surface area contributed by atoms with Gasteiger partial charge in [0.05, 0.1) is 22.8 Å². The molecule has 0 radical (unpaired) electrons. The maximum Gasteiger partial charge on any atom is 0.133 e. The van der Waals surface area contributed by atoms with Gasteiger partial charge < -0.3 is 10.1 Å². The van der Waals surface area contributed by atoms with Gasteiger partial charge in [0.25, 0.3) is 0 Å². The lowest BCUT2D eigenvalue weighted by molar-refractivity contribution is 0.338. The van der Waals surface area contributed by atoms with Crippen LogP contribution >= 0.6 is 15.9 Å². The third-order valence-corrected chi connectivity index (χ3v) is 7.01. The summed E-state index contributed by atoms with van der Waals surface area (Å²) in [6, 6.07) is 21.7. The highest BCUT2D eigenvalue weighted by atomic mass is 79.9. The fraction of sp³-hybridized carbons (Fsp3) is 0.250. The Balaban J connectivity index is 1.34. The first-order chi connectivity index (χ1) is 15.6. The molecule has 1 heterocycles. The van der Waals surface area contributed by atoms with E-state index < -0.39 is 0 Å². The Kier molecular flexibility index (Phi) is 5.88. The molecule has 1 aliphatic heterocycles. The molecule has 0 saturated heterocycles. The number of rotatable bonds is 5. The molecule has 0 bridgehead atoms. The predicted molar refractivity (Wildman–Crippen MR) is 137 cm³/mol. The standard InChI is InChI=1S/C28H27BrN2O/c1-3-32-27-14-8-19(16-25(27)29)17-30-21-11-9-20(10-12-21)28-23-6-4-5-22(23)24-15-18(2)7-13-26(24)31-28/h4-5,7-17,22-23,28,31H,3,6H2,1-2H3/t22-,23+,28+/m1/s1. The van der Waals surface area contributed by atoms with Gasteiger partial charge in [0, 0.05) is 17.8 Å². The van der Waals surface area contributed by atoms with Crippen molar-refractivity contribution in [1.82, 2.24) is 0 Å². The number of hydrogen-bond acceptors (Lipinski definition) is 3. The SMILES string of the molecule is CCOc1ccc(C=Nc2ccc([C@@H]3Nc4ccc(C)cc4[C@@H]4C=CC[C@@H]43)cc2)cc1Br. The van der Waals surface area contributed by atoms with Crippen LogP contribution in [0, 0.1) is 12.8 Å². The number of ether oxygens (including phenoxy) is 1. The largest absolute Gasteiger partial charge is 0.493 e. The normalized spacial score (nSPS) is 21.3. The molecule has 0 unspecified atom stereocenters. The van der Waals surface area contributed by atoms with Gasteiger partial charge in [-0.15, -0.1) is 0 Å². The Morgan fingerprint density at radius 2 is 1.94 bits per heavy atom. The van der Waals surface area contributed by atoms with Gasteiger partial charge in [0.2, 0.25) is 0 Å². The van der Waals surface area contributed by atoms with Crippen molar-refractivity contribution in [2.75, 3.05) is 11.9 Å². The lowest BCUT2D eigenvalue weighted by Gasteiger charge is -2.37. The number of aryl methyl sites for hydroxylation is 1. The van der Waals surface area contributed by atoms with Crippen molar-refractivity contribution in [3.8, 4) is 5.75 Å². The second-order valence-electron chi connectivity index (χ2n) is 8.54. The summed E-state index contributed by atoms with van der Waals surface area (Å²) in [6.07, 6.45) is 7.74. The van der Waals surface area contributed by atoms with Crippen molar-refractivity contribution < 1.29 is 4.74 Å². The number of allylic oxidation sites excluding steroid dienone is 2. The van der Waals surface area contributed by atoms with Crippen LogP contribution in [0.25, 0.3) is 0 Å². The van der Waals surface area contributed by atoms with Crippen molar-refractivity contribution in [2.24, 2.45) is 10.9 Å². The molecule has 1 N–H and O–H groups in total. The maximum atomic E-state index is 5.58. The van der Waals surface area contributed by atoms with Gasteiger partial charge in [-0.1, -0.05) is 42.0 Å². The zero-order chi connectivity index (χ0) is 22.1. The summed E-state index contributed by atoms with van der Waals surface area (Å²) in [6.45, 7) is 4.81. The van der Waals surface area contributed by atoms with Crippen molar-refractivity contribution in [3.05, 3.63) is 99.5 Å². The molecule has 2 aliphatic rings. The van der Waals surface area contributed by atoms with E-state index in [1.165, 1.54) is 22.4 Å². The number of aliphatic imine (C=N–C) groups is 1. The van der Waals surface area contributed by atoms with Crippen LogP contribution in [-0.4, -0.2) is 12.8 Å². The molecule has 0 aromatic heterocycles. The predicted octanol–water partition coefficient (Wildman–Crippen LogP) is 7.73. The van der Waals surface area contributed by atoms with Crippen molar-refractivity contribution in [3.63, 3.8) is 0 Å². The molecule has 162 valence electrons. The van der Waals surface area contributed by atoms with E-state index >= 15 is 0 Å². The lowest BCUT2D eigenvalue weighted by atomic mass is 9.76. The molecule has 0 amide bonds. The van der Waals surface area contributed by atoms with E-state index in [2.05, 4.69) is 87.8 Å². The van der Waals surface area contributed by atoms with E-state index in [0.29, 0.717) is 24.5 Å². The molecular formula is C28H27BrN2O. The Hall–Kier alpha value is -2.85. The van der Waals surface area contributed by atoms with Crippen molar-refractivity contribution in [2.45, 2.75) is 32.2 Å². The highest BCUT2D eigenvalue weighted by molar-refractivity contribution is 9.10. The van der Waals surface area contributed by atoms with Gasteiger partial charge in [-0.3, -0.25) is 4.99 Å². The zero-order valence-electron chi connectivity index (χ0n) is 18.4. The van der Waals surface area contributed by atoms with Gasteiger partial charge in [0.1, 0.15) is 5.75 Å². The average molecular weight is 487 g/mol. The summed E-state index contributed by atoms with van der Waals surface area (Å²) in [5.74, 6) is 1.90. The molecule has 1 aliphatic carbocycles. The Bertz CT molecular complexity index is 1180. The van der Waals surface area contributed by atoms with Crippen LogP contribution in [-0.2, 0) is 0 Å². The molecule has 0 saturated carbocycles. The summed E-state index contributed by atoms with van der Waals surface area (Å²) >= 11 is 3.57. The second-order valence-corrected chi connectivity index (χ2v) is 9.39. The molecule has 3 nitrogen and oxygen atoms in total. The van der Waals surface area contributed by atoms with Gasteiger partial charge in [0.15, 0.2) is 0 Å². The number of fused-ring (bicyclic) bond motifs is 3. The summed E-state index contributed by atoms with van der Waals surface area (Å²) in [7, 11) is 0. The van der Waals surface area contributed by atoms with Gasteiger partial charge in [-0.05, 0) is 95.2 Å². The summed E-state index contributed by atoms with van der Waals surface area (Å²) in [5, 5.41) is 3.82. The van der Waals surface area contributed by atoms with Crippen LogP contribution in [0.3, 0.4) is 0 Å². The first kappa shape index (κ1) is 21.0. The lowest BCUT2D eigenvalue weighted by Crippen LogP contribution is -2.29. The van der Waals surface area contributed by atoms with Crippen LogP contribution in [0.5, 0.6) is 5.75 Å². The molecule has 3 aromatic rings. The van der Waals surface area contributed by atoms with Crippen molar-refractivity contribution >= 4 is 33.5 Å². The van der Waals surface area contributed by atoms with Gasteiger partial charge >= 0.3 is 0 Å². The van der Waals surface area contributed by atoms with E-state index in [9.17, 15) is 0 Å². The van der Waals surface area contributed by atoms with Crippen LogP contribution in [0.4, 0.5) is 11.4 Å². The molecule has 3 atom stereocenters. The van der Waals surface area contributed by atoms with Gasteiger partial charge in [-0.2, -0.15) is 0 Å². The summed E-state index contributed by atoms with van der Waals surface area (Å²) in [4.78, 5) is 4.67. The summed E-state index contributed by atoms with van der Waals surface area (Å²) in [5.41, 5.74) is 7.32. The molecule has 3 aromatic carbocycles. The monoisotopic (exact) mass is 486 g/mol. The number of halogens is 1. The number of anilines is 1. The molecule has 32 heavy (non-hydrogen) atoms. The van der Waals surface area contributed by atoms with Crippen LogP contribution in [0.15, 0.2) is 82.3 Å². The van der Waals surface area contributed by atoms with E-state index in [-0.39, 0.29) is 0 Å². The average Bonchev–Trinajstić information content (AvgIpc) is 3.30. The Morgan fingerprint density at radius 3 is 2.72 bits per heavy atom. The highest BCUT2D eigenvalue weighted by Gasteiger charge is 2.37. The Morgan fingerprint density at radius 1 is 1.09 bits per heavy atom. The van der Waals surface area contributed by atoms with E-state index in [0.717, 1.165) is 27.9 Å². The quantitative estimate of drug-likeness (QED) is 0.295. The van der Waals surface area contributed by atoms with Crippen LogP contribution < -0.4 is 10.1 Å². The zero-order valence-corrected chi connectivity index (χ0v) is 20.0. The third kappa shape index (κ3) is 4.12. The maximum absolute atomic E-state index is 5.58. The minimum Gasteiger partial charge on any atom is -0.493 e. The highest BCUT2D eigenvalue weighted by Crippen LogP contribution is 2.50. The fourth-order valence-electron chi connectivity index (χ4n) is 4.83. The first-order valence-electron chi connectivity index (χ1n) is 11.2. The molecule has 0 fully saturated rings. The molecule has 0 spiro atoms. The van der Waals surface area contributed by atoms with E-state index in [1.54, 1.807) is 0 Å². The molecular weight excluding hydrogens is 460 g/mol. The number of nitrogens with one attached hydrogen (secondary N) is 1. The Labute approximate surface area is 198 Å². The third-order valence-electron chi connectivity index (χ3n) is 6.39. The van der Waals surface area contributed by atoms with E-state index in [1.807, 2.05) is 31.3 Å². The van der Waals surface area contributed by atoms with Crippen molar-refractivity contribution in [1.29, 1.82) is 0 Å². The minimum atomic E-state index is 0.310. The van der Waals surface area contributed by atoms with E-state index in [4.69, 9.17) is 4.74 Å². The minimum absolute atomic E-state index is 0.310. The summed E-state index contributed by atoms with van der Waals surface area (Å²) < 4.78 is 6.52. The number of hydrogen-bond donors (Lipinski definition) is 1. The van der Waals surface area contributed by atoms with Crippen LogP contribution in [0.2, 0.25) is 0 Å². The molecule has 4 heteroatoms. The number of nitrogens with zero attached hydrogens (tertiary/aromatic N) is 1.